The summed E-state index contributed by atoms with van der Waals surface area (Å²) in [4.78, 5) is 11.6. The molecule has 0 radical (unpaired) electrons. The van der Waals surface area contributed by atoms with E-state index < -0.39 is 0 Å². The standard InChI is InChI=1S/C15H24N2O/c1-12(2)10-16-14(18)17-11-15(3,4)13-8-6-5-7-9-13/h5-9,12H,10-11H2,1-4H3,(H2,16,17,18). The summed E-state index contributed by atoms with van der Waals surface area (Å²) in [5.74, 6) is 0.470. The van der Waals surface area contributed by atoms with E-state index in [2.05, 4.69) is 50.5 Å². The second-order valence-corrected chi connectivity index (χ2v) is 5.71. The molecule has 3 nitrogen and oxygen atoms in total. The summed E-state index contributed by atoms with van der Waals surface area (Å²) in [6.07, 6.45) is 0. The highest BCUT2D eigenvalue weighted by atomic mass is 16.2. The van der Waals surface area contributed by atoms with E-state index >= 15 is 0 Å². The van der Waals surface area contributed by atoms with Crippen molar-refractivity contribution in [2.24, 2.45) is 5.92 Å². The van der Waals surface area contributed by atoms with Crippen LogP contribution in [0.4, 0.5) is 4.79 Å². The Morgan fingerprint density at radius 1 is 1.17 bits per heavy atom. The van der Waals surface area contributed by atoms with Crippen LogP contribution < -0.4 is 10.6 Å². The molecule has 0 saturated carbocycles. The summed E-state index contributed by atoms with van der Waals surface area (Å²) in [6.45, 7) is 9.75. The first-order valence-electron chi connectivity index (χ1n) is 6.49. The first-order valence-corrected chi connectivity index (χ1v) is 6.49. The minimum atomic E-state index is -0.0901. The summed E-state index contributed by atoms with van der Waals surface area (Å²) in [7, 11) is 0. The first-order chi connectivity index (χ1) is 8.42. The molecule has 0 saturated heterocycles. The van der Waals surface area contributed by atoms with Crippen molar-refractivity contribution >= 4 is 6.03 Å². The maximum absolute atomic E-state index is 11.6. The number of carbonyl (C=O) groups is 1. The molecule has 0 aliphatic rings. The summed E-state index contributed by atoms with van der Waals surface area (Å²) >= 11 is 0. The van der Waals surface area contributed by atoms with Crippen LogP contribution in [0, 0.1) is 5.92 Å². The fraction of sp³-hybridized carbons (Fsp3) is 0.533. The zero-order chi connectivity index (χ0) is 13.6. The number of hydrogen-bond acceptors (Lipinski definition) is 1. The maximum Gasteiger partial charge on any atom is 0.314 e. The van der Waals surface area contributed by atoms with Crippen molar-refractivity contribution in [1.29, 1.82) is 0 Å². The molecule has 0 heterocycles. The van der Waals surface area contributed by atoms with Gasteiger partial charge < -0.3 is 10.6 Å². The highest BCUT2D eigenvalue weighted by molar-refractivity contribution is 5.73. The Morgan fingerprint density at radius 3 is 2.33 bits per heavy atom. The quantitative estimate of drug-likeness (QED) is 0.826. The van der Waals surface area contributed by atoms with Crippen LogP contribution in [0.2, 0.25) is 0 Å². The highest BCUT2D eigenvalue weighted by Gasteiger charge is 2.20. The van der Waals surface area contributed by atoms with E-state index in [1.807, 2.05) is 18.2 Å². The first kappa shape index (κ1) is 14.6. The molecule has 2 N–H and O–H groups in total. The lowest BCUT2D eigenvalue weighted by Gasteiger charge is -2.25. The van der Waals surface area contributed by atoms with Crippen molar-refractivity contribution in [3.8, 4) is 0 Å². The van der Waals surface area contributed by atoms with Gasteiger partial charge in [-0.3, -0.25) is 0 Å². The average molecular weight is 248 g/mol. The number of carbonyl (C=O) groups excluding carboxylic acids is 1. The van der Waals surface area contributed by atoms with Crippen LogP contribution in [0.15, 0.2) is 30.3 Å². The van der Waals surface area contributed by atoms with E-state index in [1.54, 1.807) is 0 Å². The molecule has 0 fully saturated rings. The van der Waals surface area contributed by atoms with E-state index in [4.69, 9.17) is 0 Å². The molecule has 1 aromatic rings. The van der Waals surface area contributed by atoms with Crippen molar-refractivity contribution in [2.75, 3.05) is 13.1 Å². The predicted molar refractivity (Wildman–Crippen MR) is 75.7 cm³/mol. The zero-order valence-electron chi connectivity index (χ0n) is 11.8. The number of benzene rings is 1. The number of urea groups is 1. The van der Waals surface area contributed by atoms with Crippen molar-refractivity contribution in [3.05, 3.63) is 35.9 Å². The molecule has 0 bridgehead atoms. The third-order valence-electron chi connectivity index (χ3n) is 2.92. The predicted octanol–water partition coefficient (Wildman–Crippen LogP) is 2.92. The molecule has 100 valence electrons. The van der Waals surface area contributed by atoms with Crippen LogP contribution in [0.25, 0.3) is 0 Å². The van der Waals surface area contributed by atoms with Gasteiger partial charge in [0.2, 0.25) is 0 Å². The number of hydrogen-bond donors (Lipinski definition) is 2. The third-order valence-corrected chi connectivity index (χ3v) is 2.92. The van der Waals surface area contributed by atoms with Gasteiger partial charge in [0, 0.05) is 18.5 Å². The van der Waals surface area contributed by atoms with Crippen LogP contribution in [0.1, 0.15) is 33.3 Å². The smallest absolute Gasteiger partial charge is 0.314 e. The molecule has 1 aromatic carbocycles. The molecule has 0 unspecified atom stereocenters. The van der Waals surface area contributed by atoms with Crippen molar-refractivity contribution in [3.63, 3.8) is 0 Å². The van der Waals surface area contributed by atoms with Gasteiger partial charge in [-0.2, -0.15) is 0 Å². The average Bonchev–Trinajstić information content (AvgIpc) is 2.35. The lowest BCUT2D eigenvalue weighted by atomic mass is 9.85. The van der Waals surface area contributed by atoms with Crippen molar-refractivity contribution < 1.29 is 4.79 Å². The second kappa shape index (κ2) is 6.43. The van der Waals surface area contributed by atoms with E-state index in [9.17, 15) is 4.79 Å². The Morgan fingerprint density at radius 2 is 1.78 bits per heavy atom. The minimum absolute atomic E-state index is 0.0591. The number of rotatable bonds is 5. The van der Waals surface area contributed by atoms with Gasteiger partial charge >= 0.3 is 6.03 Å². The molecule has 2 amide bonds. The molecular formula is C15H24N2O. The SMILES string of the molecule is CC(C)CNC(=O)NCC(C)(C)c1ccccc1. The molecule has 18 heavy (non-hydrogen) atoms. The van der Waals surface area contributed by atoms with Crippen LogP contribution in [0.5, 0.6) is 0 Å². The minimum Gasteiger partial charge on any atom is -0.338 e. The highest BCUT2D eigenvalue weighted by Crippen LogP contribution is 2.21. The monoisotopic (exact) mass is 248 g/mol. The largest absolute Gasteiger partial charge is 0.338 e. The Balaban J connectivity index is 2.45. The van der Waals surface area contributed by atoms with Crippen LogP contribution in [0.3, 0.4) is 0 Å². The Bertz CT molecular complexity index is 371. The molecule has 3 heteroatoms. The lowest BCUT2D eigenvalue weighted by Crippen LogP contribution is -2.43. The Kier molecular flexibility index (Phi) is 5.20. The Labute approximate surface area is 110 Å². The topological polar surface area (TPSA) is 41.1 Å². The van der Waals surface area contributed by atoms with E-state index in [-0.39, 0.29) is 11.4 Å². The maximum atomic E-state index is 11.6. The van der Waals surface area contributed by atoms with Crippen molar-refractivity contribution in [2.45, 2.75) is 33.1 Å². The number of nitrogens with one attached hydrogen (secondary N) is 2. The summed E-state index contributed by atoms with van der Waals surface area (Å²) < 4.78 is 0. The van der Waals surface area contributed by atoms with Crippen LogP contribution >= 0.6 is 0 Å². The summed E-state index contributed by atoms with van der Waals surface area (Å²) in [6, 6.07) is 10.1. The lowest BCUT2D eigenvalue weighted by molar-refractivity contribution is 0.237. The fourth-order valence-corrected chi connectivity index (χ4v) is 1.65. The zero-order valence-corrected chi connectivity index (χ0v) is 11.8. The van der Waals surface area contributed by atoms with E-state index in [1.165, 1.54) is 5.56 Å². The van der Waals surface area contributed by atoms with Gasteiger partial charge in [-0.15, -0.1) is 0 Å². The third kappa shape index (κ3) is 4.78. The van der Waals surface area contributed by atoms with Gasteiger partial charge in [-0.1, -0.05) is 58.0 Å². The van der Waals surface area contributed by atoms with E-state index in [0.29, 0.717) is 19.0 Å². The van der Waals surface area contributed by atoms with Gasteiger partial charge in [0.15, 0.2) is 0 Å². The molecule has 0 aliphatic carbocycles. The van der Waals surface area contributed by atoms with Gasteiger partial charge in [0.1, 0.15) is 0 Å². The molecular weight excluding hydrogens is 224 g/mol. The normalized spacial score (nSPS) is 11.4. The Hall–Kier alpha value is -1.51. The van der Waals surface area contributed by atoms with Gasteiger partial charge in [0.25, 0.3) is 0 Å². The van der Waals surface area contributed by atoms with E-state index in [0.717, 1.165) is 0 Å². The molecule has 0 aliphatic heterocycles. The second-order valence-electron chi connectivity index (χ2n) is 5.71. The van der Waals surface area contributed by atoms with Gasteiger partial charge in [-0.05, 0) is 11.5 Å². The van der Waals surface area contributed by atoms with Crippen molar-refractivity contribution in [1.82, 2.24) is 10.6 Å². The summed E-state index contributed by atoms with van der Waals surface area (Å²) in [5.41, 5.74) is 1.17. The molecule has 0 aromatic heterocycles. The molecule has 1 rings (SSSR count). The van der Waals surface area contributed by atoms with Crippen LogP contribution in [-0.2, 0) is 5.41 Å². The van der Waals surface area contributed by atoms with Gasteiger partial charge in [0.05, 0.1) is 0 Å². The molecule has 0 atom stereocenters. The van der Waals surface area contributed by atoms with Gasteiger partial charge in [-0.25, -0.2) is 4.79 Å². The number of amides is 2. The molecule has 0 spiro atoms. The van der Waals surface area contributed by atoms with Crippen LogP contribution in [-0.4, -0.2) is 19.1 Å². The fourth-order valence-electron chi connectivity index (χ4n) is 1.65. The summed E-state index contributed by atoms with van der Waals surface area (Å²) in [5, 5.41) is 5.78.